The molecule has 0 saturated heterocycles. The third-order valence-corrected chi connectivity index (χ3v) is 4.54. The number of aromatic nitrogens is 4. The minimum absolute atomic E-state index is 0.371. The van der Waals surface area contributed by atoms with E-state index in [1.54, 1.807) is 11.6 Å². The fraction of sp³-hybridized carbons (Fsp3) is 0.611. The molecule has 0 aromatic carbocycles. The van der Waals surface area contributed by atoms with Crippen LogP contribution in [-0.4, -0.2) is 19.1 Å². The van der Waals surface area contributed by atoms with Gasteiger partial charge in [0.2, 0.25) is 0 Å². The monoisotopic (exact) mass is 332 g/mol. The number of allylic oxidation sites excluding steroid dienone is 2. The van der Waals surface area contributed by atoms with E-state index in [1.807, 2.05) is 7.05 Å². The number of H-pyrrole nitrogens is 1. The van der Waals surface area contributed by atoms with Crippen LogP contribution in [0.1, 0.15) is 52.3 Å². The molecule has 0 radical (unpaired) electrons. The Kier molecular flexibility index (Phi) is 5.80. The van der Waals surface area contributed by atoms with E-state index in [0.29, 0.717) is 17.1 Å². The summed E-state index contributed by atoms with van der Waals surface area (Å²) in [7, 11) is 3.46. The Morgan fingerprint density at radius 1 is 1.21 bits per heavy atom. The van der Waals surface area contributed by atoms with E-state index < -0.39 is 5.69 Å². The van der Waals surface area contributed by atoms with E-state index in [1.165, 1.54) is 16.6 Å². The van der Waals surface area contributed by atoms with Crippen molar-refractivity contribution in [2.24, 2.45) is 20.0 Å². The number of aromatic amines is 1. The van der Waals surface area contributed by atoms with Gasteiger partial charge in [-0.15, -0.1) is 0 Å². The van der Waals surface area contributed by atoms with Crippen molar-refractivity contribution in [3.05, 3.63) is 38.3 Å². The van der Waals surface area contributed by atoms with Crippen LogP contribution in [-0.2, 0) is 20.5 Å². The zero-order valence-electron chi connectivity index (χ0n) is 15.3. The Hall–Kier alpha value is -2.11. The Morgan fingerprint density at radius 2 is 1.92 bits per heavy atom. The first-order chi connectivity index (χ1) is 11.3. The van der Waals surface area contributed by atoms with Crippen LogP contribution in [0, 0.1) is 5.92 Å². The summed E-state index contributed by atoms with van der Waals surface area (Å²) in [5.41, 5.74) is 1.49. The first kappa shape index (κ1) is 18.2. The molecule has 6 nitrogen and oxygen atoms in total. The zero-order valence-corrected chi connectivity index (χ0v) is 15.3. The average Bonchev–Trinajstić information content (AvgIpc) is 2.82. The molecule has 0 aliphatic rings. The second kappa shape index (κ2) is 7.64. The molecular formula is C18H28N4O2. The topological polar surface area (TPSA) is 72.7 Å². The zero-order chi connectivity index (χ0) is 17.9. The van der Waals surface area contributed by atoms with E-state index in [2.05, 4.69) is 36.8 Å². The molecule has 6 heteroatoms. The number of rotatable bonds is 7. The van der Waals surface area contributed by atoms with E-state index in [4.69, 9.17) is 0 Å². The van der Waals surface area contributed by atoms with Gasteiger partial charge in [-0.1, -0.05) is 25.0 Å². The molecule has 2 heterocycles. The van der Waals surface area contributed by atoms with Crippen molar-refractivity contribution in [3.63, 3.8) is 0 Å². The summed E-state index contributed by atoms with van der Waals surface area (Å²) in [6.07, 6.45) is 7.59. The second-order valence-electron chi connectivity index (χ2n) is 6.93. The van der Waals surface area contributed by atoms with E-state index in [0.717, 1.165) is 31.5 Å². The van der Waals surface area contributed by atoms with Crippen LogP contribution in [0.25, 0.3) is 11.2 Å². The predicted molar refractivity (Wildman–Crippen MR) is 97.3 cm³/mol. The summed E-state index contributed by atoms with van der Waals surface area (Å²) in [4.78, 5) is 30.5. The van der Waals surface area contributed by atoms with Gasteiger partial charge in [-0.25, -0.2) is 9.78 Å². The fourth-order valence-electron chi connectivity index (χ4n) is 2.99. The Morgan fingerprint density at radius 3 is 2.58 bits per heavy atom. The fourth-order valence-corrected chi connectivity index (χ4v) is 2.99. The Bertz CT molecular complexity index is 850. The number of nitrogens with zero attached hydrogens (tertiary/aromatic N) is 3. The quantitative estimate of drug-likeness (QED) is 0.792. The van der Waals surface area contributed by atoms with Crippen LogP contribution in [0.5, 0.6) is 0 Å². The maximum absolute atomic E-state index is 12.0. The molecule has 1 atom stereocenters. The number of hydrogen-bond acceptors (Lipinski definition) is 3. The molecule has 0 saturated carbocycles. The summed E-state index contributed by atoms with van der Waals surface area (Å²) in [5.74, 6) is 1.52. The largest absolute Gasteiger partial charge is 0.329 e. The van der Waals surface area contributed by atoms with E-state index >= 15 is 0 Å². The molecule has 0 aliphatic carbocycles. The lowest BCUT2D eigenvalue weighted by atomic mass is 9.98. The molecule has 0 bridgehead atoms. The van der Waals surface area contributed by atoms with Crippen LogP contribution >= 0.6 is 0 Å². The summed E-state index contributed by atoms with van der Waals surface area (Å²) in [6, 6.07) is 0. The van der Waals surface area contributed by atoms with Crippen LogP contribution in [0.3, 0.4) is 0 Å². The molecule has 2 aromatic rings. The average molecular weight is 332 g/mol. The van der Waals surface area contributed by atoms with Crippen molar-refractivity contribution in [2.45, 2.75) is 52.9 Å². The molecular weight excluding hydrogens is 304 g/mol. The molecule has 2 rings (SSSR count). The predicted octanol–water partition coefficient (Wildman–Crippen LogP) is 2.67. The molecule has 24 heavy (non-hydrogen) atoms. The number of aryl methyl sites for hydroxylation is 3. The third-order valence-electron chi connectivity index (χ3n) is 4.54. The third kappa shape index (κ3) is 4.04. The van der Waals surface area contributed by atoms with Gasteiger partial charge in [-0.3, -0.25) is 14.3 Å². The van der Waals surface area contributed by atoms with Crippen molar-refractivity contribution in [1.29, 1.82) is 0 Å². The highest BCUT2D eigenvalue weighted by Crippen LogP contribution is 2.17. The first-order valence-electron chi connectivity index (χ1n) is 8.59. The van der Waals surface area contributed by atoms with Gasteiger partial charge in [-0.05, 0) is 39.0 Å². The maximum atomic E-state index is 12.0. The summed E-state index contributed by atoms with van der Waals surface area (Å²) >= 11 is 0. The lowest BCUT2D eigenvalue weighted by molar-refractivity contribution is 0.474. The number of hydrogen-bond donors (Lipinski definition) is 1. The van der Waals surface area contributed by atoms with Gasteiger partial charge >= 0.3 is 5.69 Å². The summed E-state index contributed by atoms with van der Waals surface area (Å²) in [5, 5.41) is 0. The van der Waals surface area contributed by atoms with E-state index in [-0.39, 0.29) is 5.56 Å². The standard InChI is InChI=1S/C18H28N4O2/c1-12(2)8-6-9-13(3)10-7-11-14-19-16-15(21(14)4)17(23)20-18(24)22(16)5/h8,13H,6-7,9-11H2,1-5H3,(H,20,23,24)/t13-/m1/s1. The van der Waals surface area contributed by atoms with Crippen molar-refractivity contribution in [3.8, 4) is 0 Å². The van der Waals surface area contributed by atoms with Crippen LogP contribution < -0.4 is 11.2 Å². The molecule has 0 spiro atoms. The highest BCUT2D eigenvalue weighted by Gasteiger charge is 2.14. The molecule has 0 fully saturated rings. The van der Waals surface area contributed by atoms with Gasteiger partial charge in [-0.2, -0.15) is 0 Å². The number of imidazole rings is 1. The minimum Gasteiger partial charge on any atom is -0.325 e. The lowest BCUT2D eigenvalue weighted by Crippen LogP contribution is -2.29. The van der Waals surface area contributed by atoms with Gasteiger partial charge in [0.15, 0.2) is 11.2 Å². The SMILES string of the molecule is CC(C)=CCC[C@@H](C)CCCc1nc2c(c(=O)[nH]c(=O)n2C)n1C. The molecule has 0 aliphatic heterocycles. The van der Waals surface area contributed by atoms with Gasteiger partial charge in [0.25, 0.3) is 5.56 Å². The smallest absolute Gasteiger partial charge is 0.325 e. The maximum Gasteiger partial charge on any atom is 0.329 e. The minimum atomic E-state index is -0.426. The number of fused-ring (bicyclic) bond motifs is 1. The first-order valence-corrected chi connectivity index (χ1v) is 8.59. The molecule has 2 aromatic heterocycles. The molecule has 0 amide bonds. The van der Waals surface area contributed by atoms with Crippen LogP contribution in [0.15, 0.2) is 21.2 Å². The van der Waals surface area contributed by atoms with Crippen molar-refractivity contribution < 1.29 is 0 Å². The normalized spacial score (nSPS) is 12.5. The summed E-state index contributed by atoms with van der Waals surface area (Å²) in [6.45, 7) is 6.54. The lowest BCUT2D eigenvalue weighted by Gasteiger charge is -2.09. The summed E-state index contributed by atoms with van der Waals surface area (Å²) < 4.78 is 3.20. The Balaban J connectivity index is 2.04. The van der Waals surface area contributed by atoms with E-state index in [9.17, 15) is 9.59 Å². The van der Waals surface area contributed by atoms with Crippen molar-refractivity contribution in [1.82, 2.24) is 19.1 Å². The van der Waals surface area contributed by atoms with Gasteiger partial charge in [0.05, 0.1) is 0 Å². The van der Waals surface area contributed by atoms with Gasteiger partial charge < -0.3 is 4.57 Å². The van der Waals surface area contributed by atoms with Crippen LogP contribution in [0.4, 0.5) is 0 Å². The van der Waals surface area contributed by atoms with Crippen molar-refractivity contribution in [2.75, 3.05) is 0 Å². The Labute approximate surface area is 142 Å². The molecule has 132 valence electrons. The second-order valence-corrected chi connectivity index (χ2v) is 6.93. The number of nitrogens with one attached hydrogen (secondary N) is 1. The van der Waals surface area contributed by atoms with Crippen molar-refractivity contribution >= 4 is 11.2 Å². The van der Waals surface area contributed by atoms with Gasteiger partial charge in [0, 0.05) is 20.5 Å². The van der Waals surface area contributed by atoms with Gasteiger partial charge in [0.1, 0.15) is 5.82 Å². The molecule has 0 unspecified atom stereocenters. The highest BCUT2D eigenvalue weighted by molar-refractivity contribution is 5.70. The highest BCUT2D eigenvalue weighted by atomic mass is 16.2. The molecule has 1 N–H and O–H groups in total. The van der Waals surface area contributed by atoms with Crippen LogP contribution in [0.2, 0.25) is 0 Å².